The minimum absolute atomic E-state index is 0.123. The highest BCUT2D eigenvalue weighted by atomic mass is 28.4. The molecule has 0 N–H and O–H groups in total. The van der Waals surface area contributed by atoms with Crippen molar-refractivity contribution < 1.29 is 0 Å². The van der Waals surface area contributed by atoms with Crippen molar-refractivity contribution in [1.29, 1.82) is 0 Å². The van der Waals surface area contributed by atoms with Gasteiger partial charge in [0.05, 0.1) is 16.1 Å². The van der Waals surface area contributed by atoms with Crippen molar-refractivity contribution in [3.8, 4) is 33.4 Å². The average Bonchev–Trinajstić information content (AvgIpc) is 3.69. The first-order chi connectivity index (χ1) is 32.5. The van der Waals surface area contributed by atoms with E-state index in [1.807, 2.05) is 0 Å². The van der Waals surface area contributed by atoms with Gasteiger partial charge in [-0.2, -0.15) is 0 Å². The number of para-hydroxylation sites is 2. The number of rotatable bonds is 10. The Bertz CT molecular complexity index is 3410. The van der Waals surface area contributed by atoms with E-state index in [1.54, 1.807) is 5.56 Å². The van der Waals surface area contributed by atoms with Gasteiger partial charge in [0, 0.05) is 38.8 Å². The van der Waals surface area contributed by atoms with Gasteiger partial charge in [-0.05, 0) is 139 Å². The quantitative estimate of drug-likeness (QED) is 0.0997. The molecule has 0 atom stereocenters. The third-order valence-corrected chi connectivity index (χ3v) is 24.3. The fraction of sp³-hybridized carbons (Fsp3) is 0.111. The van der Waals surface area contributed by atoms with E-state index in [0.717, 1.165) is 28.4 Å². The largest absolute Gasteiger partial charge is 0.310 e. The van der Waals surface area contributed by atoms with Gasteiger partial charge in [0.15, 0.2) is 0 Å². The summed E-state index contributed by atoms with van der Waals surface area (Å²) in [5, 5.41) is 5.32. The molecule has 0 amide bonds. The molecule has 0 fully saturated rings. The van der Waals surface area contributed by atoms with E-state index in [2.05, 4.69) is 280 Å². The van der Waals surface area contributed by atoms with Crippen LogP contribution in [0.25, 0.3) is 54.9 Å². The Hall–Kier alpha value is -7.25. The molecule has 0 saturated carbocycles. The third kappa shape index (κ3) is 7.06. The zero-order chi connectivity index (χ0) is 45.9. The first-order valence-corrected chi connectivity index (χ1v) is 30.7. The normalized spacial score (nSPS) is 13.0. The maximum atomic E-state index is 2.64. The van der Waals surface area contributed by atoms with Gasteiger partial charge in [0.1, 0.15) is 0 Å². The fourth-order valence-corrected chi connectivity index (χ4v) is 25.0. The molecule has 1 aliphatic rings. The van der Waals surface area contributed by atoms with Crippen molar-refractivity contribution in [2.24, 2.45) is 0 Å². The summed E-state index contributed by atoms with van der Waals surface area (Å²) in [7, 11) is -4.27. The second-order valence-electron chi connectivity index (χ2n) is 20.2. The topological polar surface area (TPSA) is 6.48 Å². The molecule has 67 heavy (non-hydrogen) atoms. The molecule has 2 nitrogen and oxygen atoms in total. The van der Waals surface area contributed by atoms with Crippen molar-refractivity contribution in [1.82, 2.24) is 0 Å². The first kappa shape index (κ1) is 42.4. The number of anilines is 6. The van der Waals surface area contributed by atoms with Gasteiger partial charge in [-0.15, -0.1) is 0 Å². The molecule has 0 saturated heterocycles. The smallest absolute Gasteiger partial charge is 0.0579 e. The van der Waals surface area contributed by atoms with Crippen molar-refractivity contribution >= 4 is 71.8 Å². The summed E-state index contributed by atoms with van der Waals surface area (Å²) < 4.78 is -0.123. The van der Waals surface area contributed by atoms with Gasteiger partial charge >= 0.3 is 0 Å². The molecule has 0 aromatic heterocycles. The van der Waals surface area contributed by atoms with Crippen molar-refractivity contribution in [3.05, 3.63) is 242 Å². The van der Waals surface area contributed by atoms with E-state index in [0.29, 0.717) is 0 Å². The molecule has 1 aliphatic carbocycles. The Morgan fingerprint density at radius 1 is 0.299 bits per heavy atom. The lowest BCUT2D eigenvalue weighted by Crippen LogP contribution is -2.63. The van der Waals surface area contributed by atoms with Gasteiger partial charge in [0.25, 0.3) is 0 Å². The minimum Gasteiger partial charge on any atom is -0.310 e. The molecule has 4 heteroatoms. The first-order valence-electron chi connectivity index (χ1n) is 23.7. The summed E-state index contributed by atoms with van der Waals surface area (Å²) >= 11 is 0. The molecule has 0 bridgehead atoms. The molecule has 11 rings (SSSR count). The van der Waals surface area contributed by atoms with E-state index in [4.69, 9.17) is 0 Å². The number of nitrogens with zero attached hydrogens (tertiary/aromatic N) is 2. The summed E-state index contributed by atoms with van der Waals surface area (Å²) in [4.78, 5) is 4.91. The Morgan fingerprint density at radius 2 is 0.701 bits per heavy atom. The zero-order valence-corrected chi connectivity index (χ0v) is 41.3. The van der Waals surface area contributed by atoms with E-state index >= 15 is 0 Å². The number of hydrogen-bond acceptors (Lipinski definition) is 2. The summed E-state index contributed by atoms with van der Waals surface area (Å²) in [5.41, 5.74) is 17.6. The molecule has 0 heterocycles. The van der Waals surface area contributed by atoms with Crippen LogP contribution in [0.3, 0.4) is 0 Å². The molecule has 0 unspecified atom stereocenters. The van der Waals surface area contributed by atoms with Gasteiger partial charge in [-0.3, -0.25) is 0 Å². The lowest BCUT2D eigenvalue weighted by atomic mass is 9.91. The van der Waals surface area contributed by atoms with Crippen molar-refractivity contribution in [3.63, 3.8) is 0 Å². The summed E-state index contributed by atoms with van der Waals surface area (Å²) in [5.74, 6) is 0. The fourth-order valence-electron chi connectivity index (χ4n) is 12.0. The van der Waals surface area contributed by atoms with Crippen molar-refractivity contribution in [2.45, 2.75) is 43.9 Å². The standard InChI is InChI=1S/C63H56N2Si2/c1-66(2,3)63(67(4,5)6)60-44-54(65(50-31-17-10-18-32-50)52-34-22-28-48(42-52)46-25-13-8-14-26-46)38-40-58(60)61-56-36-20-19-35-55(56)59-43-53(37-39-57(59)62(61)63)64(49-29-15-9-16-30-49)51-33-21-27-47(41-51)45-23-11-7-12-24-45/h7-44H,1-6H3. The zero-order valence-electron chi connectivity index (χ0n) is 39.3. The maximum absolute atomic E-state index is 2.64. The number of benzene rings is 10. The predicted octanol–water partition coefficient (Wildman–Crippen LogP) is 18.3. The van der Waals surface area contributed by atoms with Gasteiger partial charge in [-0.25, -0.2) is 0 Å². The van der Waals surface area contributed by atoms with Crippen LogP contribution in [-0.2, 0) is 4.66 Å². The highest BCUT2D eigenvalue weighted by Crippen LogP contribution is 2.62. The average molecular weight is 897 g/mol. The Labute approximate surface area is 398 Å². The van der Waals surface area contributed by atoms with Crippen LogP contribution in [0.1, 0.15) is 11.1 Å². The molecule has 0 radical (unpaired) electrons. The number of fused-ring (bicyclic) bond motifs is 8. The van der Waals surface area contributed by atoms with E-state index in [1.165, 1.54) is 66.2 Å². The van der Waals surface area contributed by atoms with Gasteiger partial charge in [0.2, 0.25) is 0 Å². The van der Waals surface area contributed by atoms with Crippen LogP contribution in [0, 0.1) is 0 Å². The van der Waals surface area contributed by atoms with Crippen LogP contribution in [0.5, 0.6) is 0 Å². The monoisotopic (exact) mass is 896 g/mol. The van der Waals surface area contributed by atoms with Crippen LogP contribution in [-0.4, -0.2) is 16.1 Å². The molecule has 10 aromatic rings. The van der Waals surface area contributed by atoms with Crippen LogP contribution < -0.4 is 9.80 Å². The summed E-state index contributed by atoms with van der Waals surface area (Å²) in [6, 6.07) is 85.4. The lowest BCUT2D eigenvalue weighted by molar-refractivity contribution is 0.962. The Balaban J connectivity index is 1.16. The summed E-state index contributed by atoms with van der Waals surface area (Å²) in [6.45, 7) is 15.8. The highest BCUT2D eigenvalue weighted by molar-refractivity contribution is 7.00. The Kier molecular flexibility index (Phi) is 10.5. The van der Waals surface area contributed by atoms with Crippen LogP contribution >= 0.6 is 0 Å². The molecular formula is C63H56N2Si2. The maximum Gasteiger partial charge on any atom is 0.0579 e. The molecule has 0 aliphatic heterocycles. The van der Waals surface area contributed by atoms with Crippen LogP contribution in [0.15, 0.2) is 231 Å². The summed E-state index contributed by atoms with van der Waals surface area (Å²) in [6.07, 6.45) is 0. The van der Waals surface area contributed by atoms with E-state index < -0.39 is 16.1 Å². The SMILES string of the molecule is C[Si](C)(C)C1([Si](C)(C)C)c2cc(N(c3ccccc3)c3cccc(-c4ccccc4)c3)ccc2-c2c1c1ccc(N(c3ccccc3)c3cccc(-c4ccccc4)c3)cc1c1ccccc21. The van der Waals surface area contributed by atoms with E-state index in [-0.39, 0.29) is 4.66 Å². The van der Waals surface area contributed by atoms with Gasteiger partial charge in [-0.1, -0.05) is 197 Å². The molecular weight excluding hydrogens is 841 g/mol. The minimum atomic E-state index is -2.13. The third-order valence-electron chi connectivity index (χ3n) is 14.3. The number of hydrogen-bond donors (Lipinski definition) is 0. The van der Waals surface area contributed by atoms with E-state index in [9.17, 15) is 0 Å². The lowest BCUT2D eigenvalue weighted by Gasteiger charge is -2.52. The van der Waals surface area contributed by atoms with Crippen molar-refractivity contribution in [2.75, 3.05) is 9.80 Å². The van der Waals surface area contributed by atoms with Crippen LogP contribution in [0.2, 0.25) is 39.3 Å². The predicted molar refractivity (Wildman–Crippen MR) is 295 cm³/mol. The molecule has 326 valence electrons. The Morgan fingerprint density at radius 3 is 1.21 bits per heavy atom. The molecule has 10 aromatic carbocycles. The molecule has 0 spiro atoms. The second-order valence-corrected chi connectivity index (χ2v) is 31.2. The van der Waals surface area contributed by atoms with Crippen LogP contribution in [0.4, 0.5) is 34.1 Å². The highest BCUT2D eigenvalue weighted by Gasteiger charge is 2.60. The second kappa shape index (κ2) is 16.6. The van der Waals surface area contributed by atoms with Gasteiger partial charge < -0.3 is 9.80 Å².